The molecule has 3 aliphatic heterocycles. The van der Waals surface area contributed by atoms with E-state index in [0.717, 1.165) is 5.56 Å². The number of ether oxygens (including phenoxy) is 4. The molecule has 10 atom stereocenters. The summed E-state index contributed by atoms with van der Waals surface area (Å²) in [6.07, 6.45) is -6.74. The Bertz CT molecular complexity index is 1280. The normalized spacial score (nSPS) is 47.0. The van der Waals surface area contributed by atoms with Crippen LogP contribution in [-0.4, -0.2) is 64.7 Å². The lowest BCUT2D eigenvalue weighted by Gasteiger charge is -2.50. The van der Waals surface area contributed by atoms with Gasteiger partial charge in [-0.3, -0.25) is 4.79 Å². The quantitative estimate of drug-likeness (QED) is 0.458. The van der Waals surface area contributed by atoms with Crippen molar-refractivity contribution in [3.05, 3.63) is 47.0 Å². The zero-order valence-electron chi connectivity index (χ0n) is 21.1. The summed E-state index contributed by atoms with van der Waals surface area (Å²) < 4.78 is 24.0. The minimum atomic E-state index is -1.48. The topological polar surface area (TPSA) is 129 Å². The predicted molar refractivity (Wildman–Crippen MR) is 124 cm³/mol. The van der Waals surface area contributed by atoms with Crippen molar-refractivity contribution in [1.82, 2.24) is 0 Å². The summed E-state index contributed by atoms with van der Waals surface area (Å²) in [7, 11) is 0. The van der Waals surface area contributed by atoms with E-state index in [1.807, 2.05) is 51.1 Å². The van der Waals surface area contributed by atoms with Crippen LogP contribution >= 0.6 is 0 Å². The number of hydrogen-bond acceptors (Lipinski definition) is 9. The maximum atomic E-state index is 13.9. The summed E-state index contributed by atoms with van der Waals surface area (Å²) in [5.41, 5.74) is -3.36. The molecule has 0 radical (unpaired) electrons. The molecule has 2 saturated heterocycles. The van der Waals surface area contributed by atoms with Crippen molar-refractivity contribution in [3.63, 3.8) is 0 Å². The van der Waals surface area contributed by atoms with Crippen LogP contribution in [-0.2, 0) is 39.9 Å². The number of rotatable bonds is 3. The third-order valence-corrected chi connectivity index (χ3v) is 10.2. The van der Waals surface area contributed by atoms with Gasteiger partial charge >= 0.3 is 17.9 Å². The predicted octanol–water partition coefficient (Wildman–Crippen LogP) is 1.44. The van der Waals surface area contributed by atoms with Gasteiger partial charge in [0.2, 0.25) is 0 Å². The van der Waals surface area contributed by atoms with Crippen molar-refractivity contribution in [3.8, 4) is 0 Å². The van der Waals surface area contributed by atoms with Gasteiger partial charge in [-0.15, -0.1) is 0 Å². The van der Waals surface area contributed by atoms with E-state index in [2.05, 4.69) is 0 Å². The van der Waals surface area contributed by atoms with Crippen LogP contribution in [0.5, 0.6) is 0 Å². The monoisotopic (exact) mass is 510 g/mol. The van der Waals surface area contributed by atoms with Crippen LogP contribution in [0, 0.1) is 27.6 Å². The smallest absolute Gasteiger partial charge is 0.336 e. The largest absolute Gasteiger partial charge is 0.460 e. The number of esters is 3. The number of carbonyl (C=O) groups excluding carboxylic acids is 3. The van der Waals surface area contributed by atoms with Crippen LogP contribution in [0.1, 0.15) is 39.7 Å². The Balaban J connectivity index is 1.50. The lowest BCUT2D eigenvalue weighted by Crippen LogP contribution is -2.61. The van der Waals surface area contributed by atoms with Crippen LogP contribution in [0.4, 0.5) is 0 Å². The van der Waals surface area contributed by atoms with Crippen LogP contribution in [0.2, 0.25) is 0 Å². The van der Waals surface area contributed by atoms with Crippen LogP contribution in [0.15, 0.2) is 41.5 Å². The molecular weight excluding hydrogens is 480 g/mol. The standard InChI is InChI=1S/C28H30O9/c1-12-15-17(36-22(12)31)19(30)28-20-16(29)18(25(2,3)4)27(28)14(10-26(15,28)24(33)37-20)35-23(32)21(27)34-11-13-8-6-5-7-9-13/h5-9,14,16-21,29-30H,10-11H2,1-4H3/t14?,16-,17?,18+,19+,20?,21+,26?,27?,28?/m1/s1. The maximum absolute atomic E-state index is 13.9. The first-order valence-corrected chi connectivity index (χ1v) is 12.8. The Morgan fingerprint density at radius 2 is 1.76 bits per heavy atom. The highest BCUT2D eigenvalue weighted by molar-refractivity contribution is 5.99. The van der Waals surface area contributed by atoms with E-state index >= 15 is 0 Å². The summed E-state index contributed by atoms with van der Waals surface area (Å²) in [6, 6.07) is 9.38. The molecule has 2 spiro atoms. The lowest BCUT2D eigenvalue weighted by molar-refractivity contribution is -0.182. The van der Waals surface area contributed by atoms with Gasteiger partial charge in [0.1, 0.15) is 23.7 Å². The summed E-state index contributed by atoms with van der Waals surface area (Å²) >= 11 is 0. The first-order valence-electron chi connectivity index (χ1n) is 12.8. The Morgan fingerprint density at radius 1 is 1.05 bits per heavy atom. The highest BCUT2D eigenvalue weighted by Gasteiger charge is 2.99. The zero-order valence-corrected chi connectivity index (χ0v) is 21.1. The van der Waals surface area contributed by atoms with E-state index < -0.39 is 82.1 Å². The van der Waals surface area contributed by atoms with E-state index in [9.17, 15) is 24.6 Å². The van der Waals surface area contributed by atoms with E-state index in [4.69, 9.17) is 18.9 Å². The van der Waals surface area contributed by atoms with Gasteiger partial charge in [-0.1, -0.05) is 51.1 Å². The van der Waals surface area contributed by atoms with E-state index in [1.165, 1.54) is 0 Å². The molecule has 9 nitrogen and oxygen atoms in total. The second kappa shape index (κ2) is 6.81. The van der Waals surface area contributed by atoms with E-state index in [-0.39, 0.29) is 18.6 Å². The molecule has 9 heteroatoms. The molecule has 0 aromatic heterocycles. The molecule has 196 valence electrons. The third-order valence-electron chi connectivity index (χ3n) is 10.2. The molecule has 1 aromatic rings. The van der Waals surface area contributed by atoms with Gasteiger partial charge < -0.3 is 29.2 Å². The van der Waals surface area contributed by atoms with Gasteiger partial charge in [0.15, 0.2) is 12.2 Å². The molecule has 7 rings (SSSR count). The van der Waals surface area contributed by atoms with Gasteiger partial charge in [-0.2, -0.15) is 0 Å². The fraction of sp³-hybridized carbons (Fsp3) is 0.607. The number of benzene rings is 1. The Morgan fingerprint density at radius 3 is 2.43 bits per heavy atom. The molecule has 3 heterocycles. The molecule has 3 aliphatic carbocycles. The average Bonchev–Trinajstić information content (AvgIpc) is 3.55. The summed E-state index contributed by atoms with van der Waals surface area (Å²) in [4.78, 5) is 40.0. The van der Waals surface area contributed by atoms with E-state index in [0.29, 0.717) is 5.57 Å². The fourth-order valence-corrected chi connectivity index (χ4v) is 9.56. The second-order valence-corrected chi connectivity index (χ2v) is 12.5. The van der Waals surface area contributed by atoms with Gasteiger partial charge in [0.25, 0.3) is 0 Å². The molecule has 37 heavy (non-hydrogen) atoms. The Labute approximate surface area is 213 Å². The summed E-state index contributed by atoms with van der Waals surface area (Å²) in [6.45, 7) is 7.55. The number of aliphatic hydroxyl groups excluding tert-OH is 2. The first-order chi connectivity index (χ1) is 17.5. The Kier molecular flexibility index (Phi) is 4.30. The fourth-order valence-electron chi connectivity index (χ4n) is 9.56. The molecule has 6 aliphatic rings. The van der Waals surface area contributed by atoms with Gasteiger partial charge in [0, 0.05) is 23.5 Å². The zero-order chi connectivity index (χ0) is 26.3. The molecular formula is C28H30O9. The highest BCUT2D eigenvalue weighted by Crippen LogP contribution is 2.87. The number of fused-ring (bicyclic) bond motifs is 1. The third kappa shape index (κ3) is 2.21. The lowest BCUT2D eigenvalue weighted by atomic mass is 9.51. The molecule has 2 N–H and O–H groups in total. The summed E-state index contributed by atoms with van der Waals surface area (Å²) in [5, 5.41) is 24.0. The summed E-state index contributed by atoms with van der Waals surface area (Å²) in [5.74, 6) is -2.44. The minimum Gasteiger partial charge on any atom is -0.460 e. The van der Waals surface area contributed by atoms with Crippen molar-refractivity contribution < 1.29 is 43.5 Å². The van der Waals surface area contributed by atoms with Gasteiger partial charge in [0.05, 0.1) is 23.5 Å². The van der Waals surface area contributed by atoms with Crippen LogP contribution in [0.3, 0.4) is 0 Å². The highest BCUT2D eigenvalue weighted by atomic mass is 16.6. The molecule has 5 fully saturated rings. The van der Waals surface area contributed by atoms with Crippen molar-refractivity contribution >= 4 is 17.9 Å². The molecule has 1 aromatic carbocycles. The van der Waals surface area contributed by atoms with Crippen molar-refractivity contribution in [2.24, 2.45) is 27.6 Å². The van der Waals surface area contributed by atoms with Crippen LogP contribution < -0.4 is 0 Å². The van der Waals surface area contributed by atoms with Crippen LogP contribution in [0.25, 0.3) is 0 Å². The first kappa shape index (κ1) is 23.4. The molecule has 0 bridgehead atoms. The van der Waals surface area contributed by atoms with Gasteiger partial charge in [-0.05, 0) is 17.9 Å². The second-order valence-electron chi connectivity index (χ2n) is 12.5. The van der Waals surface area contributed by atoms with Crippen molar-refractivity contribution in [2.45, 2.75) is 77.3 Å². The van der Waals surface area contributed by atoms with E-state index in [1.54, 1.807) is 6.92 Å². The van der Waals surface area contributed by atoms with Gasteiger partial charge in [-0.25, -0.2) is 9.59 Å². The van der Waals surface area contributed by atoms with Crippen molar-refractivity contribution in [1.29, 1.82) is 0 Å². The minimum absolute atomic E-state index is 0.0371. The molecule has 6 unspecified atom stereocenters. The number of aliphatic hydroxyl groups is 2. The number of hydrogen-bond donors (Lipinski definition) is 2. The number of carbonyl (C=O) groups is 3. The molecule has 0 amide bonds. The average molecular weight is 511 g/mol. The molecule has 3 saturated carbocycles. The van der Waals surface area contributed by atoms with Crippen molar-refractivity contribution in [2.75, 3.05) is 0 Å². The maximum Gasteiger partial charge on any atom is 0.336 e. The SMILES string of the molecule is CC1=C2C(OC1=O)[C@H](O)C13C4OC(=O)C21CC1OC(=O)[C@H](OCc2ccccc2)C13[C@H](C(C)(C)C)[C@H]4O. The Hall–Kier alpha value is -2.75.